The predicted octanol–water partition coefficient (Wildman–Crippen LogP) is 0.647. The molecule has 2 aliphatic rings. The van der Waals surface area contributed by atoms with Crippen molar-refractivity contribution in [2.75, 3.05) is 26.2 Å². The van der Waals surface area contributed by atoms with Gasteiger partial charge in [-0.25, -0.2) is 5.06 Å². The van der Waals surface area contributed by atoms with E-state index in [9.17, 15) is 10.0 Å². The zero-order valence-electron chi connectivity index (χ0n) is 11.9. The topological polar surface area (TPSA) is 85.2 Å². The van der Waals surface area contributed by atoms with Gasteiger partial charge in [0.1, 0.15) is 5.71 Å². The van der Waals surface area contributed by atoms with Gasteiger partial charge in [-0.2, -0.15) is 0 Å². The molecule has 0 bridgehead atoms. The van der Waals surface area contributed by atoms with E-state index in [-0.39, 0.29) is 24.8 Å². The molecule has 114 valence electrons. The van der Waals surface area contributed by atoms with Crippen molar-refractivity contribution in [3.8, 4) is 0 Å². The molecule has 0 aromatic carbocycles. The van der Waals surface area contributed by atoms with Crippen LogP contribution in [0.5, 0.6) is 0 Å². The number of nitrogens with zero attached hydrogens (tertiary/aromatic N) is 2. The number of dihydropyridines is 1. The van der Waals surface area contributed by atoms with Crippen LogP contribution in [-0.4, -0.2) is 53.2 Å². The average molecular weight is 291 g/mol. The Morgan fingerprint density at radius 3 is 3.05 bits per heavy atom. The standard InChI is InChI=1S/C15H21N3O3/c19-9-8-16-13-6-7-17-14(10-13)15(20)18(21)11-12-4-2-1-3-5-12/h1-4,10,12,16,19,21H,5-9,11H2. The molecule has 2 rings (SSSR count). The van der Waals surface area contributed by atoms with Gasteiger partial charge < -0.3 is 10.4 Å². The summed E-state index contributed by atoms with van der Waals surface area (Å²) < 4.78 is 0. The summed E-state index contributed by atoms with van der Waals surface area (Å²) >= 11 is 0. The SMILES string of the molecule is O=C(C1=NCCC(NCCO)=C1)N(O)CC1C=CC=CC1. The minimum atomic E-state index is -0.485. The Labute approximate surface area is 124 Å². The maximum atomic E-state index is 12.2. The van der Waals surface area contributed by atoms with E-state index in [1.807, 2.05) is 24.3 Å². The normalized spacial score (nSPS) is 20.8. The van der Waals surface area contributed by atoms with Crippen LogP contribution in [0, 0.1) is 5.92 Å². The third-order valence-corrected chi connectivity index (χ3v) is 3.37. The fraction of sp³-hybridized carbons (Fsp3) is 0.467. The van der Waals surface area contributed by atoms with Crippen LogP contribution in [0.4, 0.5) is 0 Å². The number of hydrogen-bond donors (Lipinski definition) is 3. The van der Waals surface area contributed by atoms with Gasteiger partial charge in [0.2, 0.25) is 0 Å². The van der Waals surface area contributed by atoms with Crippen molar-refractivity contribution in [1.82, 2.24) is 10.4 Å². The number of aliphatic hydroxyl groups excluding tert-OH is 1. The molecule has 3 N–H and O–H groups in total. The summed E-state index contributed by atoms with van der Waals surface area (Å²) in [7, 11) is 0. The van der Waals surface area contributed by atoms with Gasteiger partial charge in [0.25, 0.3) is 5.91 Å². The molecule has 1 amide bonds. The van der Waals surface area contributed by atoms with E-state index in [4.69, 9.17) is 5.11 Å². The monoisotopic (exact) mass is 291 g/mol. The third-order valence-electron chi connectivity index (χ3n) is 3.37. The fourth-order valence-corrected chi connectivity index (χ4v) is 2.27. The second-order valence-corrected chi connectivity index (χ2v) is 5.03. The number of carbonyl (C=O) groups excluding carboxylic acids is 1. The van der Waals surface area contributed by atoms with E-state index in [2.05, 4.69) is 10.3 Å². The van der Waals surface area contributed by atoms with Crippen LogP contribution in [0.3, 0.4) is 0 Å². The van der Waals surface area contributed by atoms with E-state index in [1.165, 1.54) is 0 Å². The fourth-order valence-electron chi connectivity index (χ4n) is 2.27. The van der Waals surface area contributed by atoms with Crippen molar-refractivity contribution in [2.24, 2.45) is 10.9 Å². The number of amides is 1. The molecule has 6 nitrogen and oxygen atoms in total. The Morgan fingerprint density at radius 1 is 1.48 bits per heavy atom. The number of hydroxylamine groups is 2. The molecule has 1 heterocycles. The number of hydrogen-bond acceptors (Lipinski definition) is 5. The second kappa shape index (κ2) is 7.75. The molecule has 0 aromatic heterocycles. The molecule has 0 spiro atoms. The van der Waals surface area contributed by atoms with E-state index in [0.717, 1.165) is 17.2 Å². The molecule has 1 aliphatic carbocycles. The first-order valence-electron chi connectivity index (χ1n) is 7.14. The lowest BCUT2D eigenvalue weighted by molar-refractivity contribution is -0.158. The van der Waals surface area contributed by atoms with E-state index < -0.39 is 5.91 Å². The highest BCUT2D eigenvalue weighted by molar-refractivity contribution is 6.43. The van der Waals surface area contributed by atoms with Crippen molar-refractivity contribution in [1.29, 1.82) is 0 Å². The highest BCUT2D eigenvalue weighted by Gasteiger charge is 2.21. The largest absolute Gasteiger partial charge is 0.395 e. The van der Waals surface area contributed by atoms with Crippen LogP contribution in [0.25, 0.3) is 0 Å². The first kappa shape index (κ1) is 15.5. The number of carbonyl (C=O) groups is 1. The summed E-state index contributed by atoms with van der Waals surface area (Å²) in [6.07, 6.45) is 11.0. The maximum Gasteiger partial charge on any atom is 0.295 e. The first-order valence-corrected chi connectivity index (χ1v) is 7.14. The van der Waals surface area contributed by atoms with Crippen LogP contribution >= 0.6 is 0 Å². The summed E-state index contributed by atoms with van der Waals surface area (Å²) in [4.78, 5) is 16.3. The van der Waals surface area contributed by atoms with Crippen LogP contribution < -0.4 is 5.32 Å². The maximum absolute atomic E-state index is 12.2. The van der Waals surface area contributed by atoms with Gasteiger partial charge >= 0.3 is 0 Å². The van der Waals surface area contributed by atoms with Crippen molar-refractivity contribution in [3.63, 3.8) is 0 Å². The minimum Gasteiger partial charge on any atom is -0.395 e. The summed E-state index contributed by atoms with van der Waals surface area (Å²) in [5, 5.41) is 22.5. The Hall–Kier alpha value is -1.92. The van der Waals surface area contributed by atoms with Crippen molar-refractivity contribution < 1.29 is 15.1 Å². The van der Waals surface area contributed by atoms with Gasteiger partial charge in [0, 0.05) is 31.1 Å². The predicted molar refractivity (Wildman–Crippen MR) is 80.0 cm³/mol. The summed E-state index contributed by atoms with van der Waals surface area (Å²) in [5.41, 5.74) is 1.11. The molecule has 0 aromatic rings. The van der Waals surface area contributed by atoms with Crippen molar-refractivity contribution in [3.05, 3.63) is 36.1 Å². The Bertz CT molecular complexity index is 494. The Balaban J connectivity index is 1.92. The van der Waals surface area contributed by atoms with E-state index >= 15 is 0 Å². The van der Waals surface area contributed by atoms with Gasteiger partial charge in [-0.05, 0) is 12.5 Å². The lowest BCUT2D eigenvalue weighted by Gasteiger charge is -2.22. The zero-order valence-corrected chi connectivity index (χ0v) is 11.9. The first-order chi connectivity index (χ1) is 10.2. The lowest BCUT2D eigenvalue weighted by atomic mass is 10.0. The summed E-state index contributed by atoms with van der Waals surface area (Å²) in [5.74, 6) is -0.356. The van der Waals surface area contributed by atoms with Gasteiger partial charge in [0.05, 0.1) is 13.2 Å². The average Bonchev–Trinajstić information content (AvgIpc) is 2.53. The van der Waals surface area contributed by atoms with Crippen LogP contribution in [0.15, 0.2) is 41.1 Å². The molecular formula is C15H21N3O3. The van der Waals surface area contributed by atoms with Crippen LogP contribution in [-0.2, 0) is 4.79 Å². The highest BCUT2D eigenvalue weighted by Crippen LogP contribution is 2.13. The molecule has 0 radical (unpaired) electrons. The lowest BCUT2D eigenvalue weighted by Crippen LogP contribution is -2.38. The van der Waals surface area contributed by atoms with Gasteiger partial charge in [-0.15, -0.1) is 0 Å². The Morgan fingerprint density at radius 2 is 2.33 bits per heavy atom. The quantitative estimate of drug-likeness (QED) is 0.495. The molecule has 1 unspecified atom stereocenters. The molecule has 1 atom stereocenters. The van der Waals surface area contributed by atoms with Crippen LogP contribution in [0.2, 0.25) is 0 Å². The smallest absolute Gasteiger partial charge is 0.295 e. The van der Waals surface area contributed by atoms with E-state index in [1.54, 1.807) is 6.08 Å². The van der Waals surface area contributed by atoms with Gasteiger partial charge in [-0.3, -0.25) is 15.0 Å². The summed E-state index contributed by atoms with van der Waals surface area (Å²) in [6, 6.07) is 0. The number of rotatable bonds is 6. The minimum absolute atomic E-state index is 0.0332. The molecule has 6 heteroatoms. The Kier molecular flexibility index (Phi) is 5.71. The molecular weight excluding hydrogens is 270 g/mol. The van der Waals surface area contributed by atoms with Crippen LogP contribution in [0.1, 0.15) is 12.8 Å². The zero-order chi connectivity index (χ0) is 15.1. The number of aliphatic imine (C=N–C) groups is 1. The molecule has 21 heavy (non-hydrogen) atoms. The van der Waals surface area contributed by atoms with Crippen molar-refractivity contribution >= 4 is 11.6 Å². The third kappa shape index (κ3) is 4.54. The number of nitrogens with one attached hydrogen (secondary N) is 1. The molecule has 0 saturated heterocycles. The van der Waals surface area contributed by atoms with E-state index in [0.29, 0.717) is 19.5 Å². The molecule has 0 fully saturated rings. The number of aliphatic hydroxyl groups is 1. The van der Waals surface area contributed by atoms with Crippen molar-refractivity contribution in [2.45, 2.75) is 12.8 Å². The summed E-state index contributed by atoms with van der Waals surface area (Å²) in [6.45, 7) is 1.23. The molecule has 0 saturated carbocycles. The molecule has 1 aliphatic heterocycles. The van der Waals surface area contributed by atoms with Gasteiger partial charge in [0.15, 0.2) is 0 Å². The van der Waals surface area contributed by atoms with Gasteiger partial charge in [-0.1, -0.05) is 24.3 Å². The second-order valence-electron chi connectivity index (χ2n) is 5.03. The highest BCUT2D eigenvalue weighted by atomic mass is 16.5. The number of allylic oxidation sites excluding steroid dienone is 3.